The number of carboxylic acid groups (broad SMARTS) is 2. The van der Waals surface area contributed by atoms with Crippen LogP contribution in [-0.2, 0) is 4.79 Å². The van der Waals surface area contributed by atoms with Crippen LogP contribution in [-0.4, -0.2) is 27.1 Å². The zero-order chi connectivity index (χ0) is 11.4. The molecule has 1 heterocycles. The van der Waals surface area contributed by atoms with Gasteiger partial charge in [0.05, 0.1) is 5.56 Å². The van der Waals surface area contributed by atoms with Crippen molar-refractivity contribution < 1.29 is 19.8 Å². The molecule has 0 aromatic carbocycles. The number of aromatic nitrogens is 1. The van der Waals surface area contributed by atoms with Crippen LogP contribution in [0.3, 0.4) is 0 Å². The summed E-state index contributed by atoms with van der Waals surface area (Å²) in [6.07, 6.45) is 3.18. The molecule has 0 saturated heterocycles. The van der Waals surface area contributed by atoms with Gasteiger partial charge in [-0.3, -0.25) is 0 Å². The highest BCUT2D eigenvalue weighted by Gasteiger charge is 2.09. The number of nitrogens with zero attached hydrogens (tertiary/aromatic N) is 1. The number of hydrogen-bond acceptors (Lipinski definition) is 3. The van der Waals surface area contributed by atoms with Gasteiger partial charge in [-0.1, -0.05) is 11.6 Å². The molecule has 1 rings (SSSR count). The third-order valence-corrected chi connectivity index (χ3v) is 1.74. The largest absolute Gasteiger partial charge is 0.478 e. The summed E-state index contributed by atoms with van der Waals surface area (Å²) in [5.74, 6) is -2.36. The van der Waals surface area contributed by atoms with Gasteiger partial charge in [0.2, 0.25) is 0 Å². The van der Waals surface area contributed by atoms with E-state index in [2.05, 4.69) is 4.98 Å². The van der Waals surface area contributed by atoms with E-state index in [1.54, 1.807) is 0 Å². The Morgan fingerprint density at radius 3 is 2.60 bits per heavy atom. The molecule has 0 aliphatic heterocycles. The zero-order valence-corrected chi connectivity index (χ0v) is 8.10. The van der Waals surface area contributed by atoms with Crippen molar-refractivity contribution in [3.63, 3.8) is 0 Å². The van der Waals surface area contributed by atoms with E-state index in [1.807, 2.05) is 0 Å². The van der Waals surface area contributed by atoms with E-state index >= 15 is 0 Å². The number of carboxylic acids is 2. The Morgan fingerprint density at radius 1 is 1.40 bits per heavy atom. The summed E-state index contributed by atoms with van der Waals surface area (Å²) in [6, 6.07) is 1.16. The Labute approximate surface area is 89.6 Å². The standard InChI is InChI=1S/C9H6ClNO4/c10-7-3-6(9(14)15)5(4-11-7)1-2-8(12)13/h1-4H,(H,12,13)(H,14,15). The summed E-state index contributed by atoms with van der Waals surface area (Å²) >= 11 is 5.51. The van der Waals surface area contributed by atoms with E-state index in [0.717, 1.165) is 18.2 Å². The summed E-state index contributed by atoms with van der Waals surface area (Å²) < 4.78 is 0. The molecule has 6 heteroatoms. The maximum Gasteiger partial charge on any atom is 0.336 e. The fourth-order valence-corrected chi connectivity index (χ4v) is 1.08. The predicted octanol–water partition coefficient (Wildman–Crippen LogP) is 1.53. The Balaban J connectivity index is 3.17. The van der Waals surface area contributed by atoms with Crippen LogP contribution in [0.2, 0.25) is 5.15 Å². The van der Waals surface area contributed by atoms with Crippen LogP contribution in [0.5, 0.6) is 0 Å². The van der Waals surface area contributed by atoms with E-state index in [9.17, 15) is 9.59 Å². The first-order valence-electron chi connectivity index (χ1n) is 3.80. The van der Waals surface area contributed by atoms with Crippen molar-refractivity contribution in [1.29, 1.82) is 0 Å². The molecule has 2 N–H and O–H groups in total. The van der Waals surface area contributed by atoms with Crippen LogP contribution >= 0.6 is 11.6 Å². The lowest BCUT2D eigenvalue weighted by molar-refractivity contribution is -0.131. The highest BCUT2D eigenvalue weighted by atomic mass is 35.5. The lowest BCUT2D eigenvalue weighted by Crippen LogP contribution is -2.00. The van der Waals surface area contributed by atoms with Gasteiger partial charge in [0, 0.05) is 17.8 Å². The lowest BCUT2D eigenvalue weighted by atomic mass is 10.1. The molecular formula is C9H6ClNO4. The molecule has 0 saturated carbocycles. The normalized spacial score (nSPS) is 10.5. The molecular weight excluding hydrogens is 222 g/mol. The van der Waals surface area contributed by atoms with Gasteiger partial charge in [-0.2, -0.15) is 0 Å². The summed E-state index contributed by atoms with van der Waals surface area (Å²) in [4.78, 5) is 24.6. The van der Waals surface area contributed by atoms with Crippen LogP contribution < -0.4 is 0 Å². The van der Waals surface area contributed by atoms with Crippen LogP contribution in [0.1, 0.15) is 15.9 Å². The summed E-state index contributed by atoms with van der Waals surface area (Å²) in [6.45, 7) is 0. The quantitative estimate of drug-likeness (QED) is 0.604. The number of rotatable bonds is 3. The molecule has 78 valence electrons. The first kappa shape index (κ1) is 11.2. The van der Waals surface area contributed by atoms with Crippen molar-refractivity contribution in [3.8, 4) is 0 Å². The van der Waals surface area contributed by atoms with Crippen molar-refractivity contribution >= 4 is 29.6 Å². The van der Waals surface area contributed by atoms with Crippen molar-refractivity contribution in [2.45, 2.75) is 0 Å². The van der Waals surface area contributed by atoms with Gasteiger partial charge in [-0.25, -0.2) is 14.6 Å². The predicted molar refractivity (Wildman–Crippen MR) is 52.9 cm³/mol. The molecule has 0 aliphatic carbocycles. The first-order chi connectivity index (χ1) is 7.00. The van der Waals surface area contributed by atoms with Crippen molar-refractivity contribution in [2.75, 3.05) is 0 Å². The molecule has 1 aromatic rings. The second kappa shape index (κ2) is 4.56. The fourth-order valence-electron chi connectivity index (χ4n) is 0.920. The third-order valence-electron chi connectivity index (χ3n) is 1.54. The minimum Gasteiger partial charge on any atom is -0.478 e. The molecule has 1 aromatic heterocycles. The molecule has 5 nitrogen and oxygen atoms in total. The molecule has 0 amide bonds. The maximum absolute atomic E-state index is 10.8. The van der Waals surface area contributed by atoms with Crippen molar-refractivity contribution in [1.82, 2.24) is 4.98 Å². The minimum absolute atomic E-state index is 0.0416. The molecule has 0 fully saturated rings. The Morgan fingerprint density at radius 2 is 2.07 bits per heavy atom. The smallest absolute Gasteiger partial charge is 0.336 e. The van der Waals surface area contributed by atoms with Gasteiger partial charge in [-0.15, -0.1) is 0 Å². The number of carbonyl (C=O) groups is 2. The minimum atomic E-state index is -1.19. The highest BCUT2D eigenvalue weighted by Crippen LogP contribution is 2.14. The van der Waals surface area contributed by atoms with Gasteiger partial charge in [0.15, 0.2) is 0 Å². The average Bonchev–Trinajstić information content (AvgIpc) is 2.15. The topological polar surface area (TPSA) is 87.5 Å². The molecule has 15 heavy (non-hydrogen) atoms. The van der Waals surface area contributed by atoms with Gasteiger partial charge < -0.3 is 10.2 Å². The van der Waals surface area contributed by atoms with Crippen LogP contribution in [0.25, 0.3) is 6.08 Å². The zero-order valence-electron chi connectivity index (χ0n) is 7.35. The molecule has 0 unspecified atom stereocenters. The monoisotopic (exact) mass is 227 g/mol. The van der Waals surface area contributed by atoms with Gasteiger partial charge in [0.1, 0.15) is 5.15 Å². The van der Waals surface area contributed by atoms with Crippen LogP contribution in [0.4, 0.5) is 0 Å². The van der Waals surface area contributed by atoms with E-state index in [0.29, 0.717) is 0 Å². The van der Waals surface area contributed by atoms with Gasteiger partial charge in [0.25, 0.3) is 0 Å². The van der Waals surface area contributed by atoms with E-state index in [4.69, 9.17) is 21.8 Å². The van der Waals surface area contributed by atoms with Crippen LogP contribution in [0.15, 0.2) is 18.3 Å². The Kier molecular flexibility index (Phi) is 3.41. The van der Waals surface area contributed by atoms with E-state index in [-0.39, 0.29) is 16.3 Å². The number of hydrogen-bond donors (Lipinski definition) is 2. The number of pyridine rings is 1. The SMILES string of the molecule is O=C(O)C=Cc1cnc(Cl)cc1C(=O)O. The second-order valence-electron chi connectivity index (χ2n) is 2.57. The molecule has 0 atom stereocenters. The summed E-state index contributed by atoms with van der Waals surface area (Å²) in [7, 11) is 0. The summed E-state index contributed by atoms with van der Waals surface area (Å²) in [5.41, 5.74) is 0.0989. The number of halogens is 1. The number of aromatic carboxylic acids is 1. The highest BCUT2D eigenvalue weighted by molar-refractivity contribution is 6.29. The summed E-state index contributed by atoms with van der Waals surface area (Å²) in [5, 5.41) is 17.2. The lowest BCUT2D eigenvalue weighted by Gasteiger charge is -2.00. The van der Waals surface area contributed by atoms with Gasteiger partial charge in [-0.05, 0) is 12.1 Å². The maximum atomic E-state index is 10.8. The first-order valence-corrected chi connectivity index (χ1v) is 4.18. The van der Waals surface area contributed by atoms with Crippen molar-refractivity contribution in [2.24, 2.45) is 0 Å². The average molecular weight is 228 g/mol. The molecule has 0 aliphatic rings. The van der Waals surface area contributed by atoms with Crippen molar-refractivity contribution in [3.05, 3.63) is 34.6 Å². The molecule has 0 radical (unpaired) electrons. The molecule has 0 spiro atoms. The fraction of sp³-hybridized carbons (Fsp3) is 0. The molecule has 0 bridgehead atoms. The Bertz CT molecular complexity index is 442. The van der Waals surface area contributed by atoms with Gasteiger partial charge >= 0.3 is 11.9 Å². The van der Waals surface area contributed by atoms with E-state index < -0.39 is 11.9 Å². The Hall–Kier alpha value is -1.88. The number of aliphatic carboxylic acids is 1. The second-order valence-corrected chi connectivity index (χ2v) is 2.96. The third kappa shape index (κ3) is 3.07. The van der Waals surface area contributed by atoms with E-state index in [1.165, 1.54) is 6.20 Å². The van der Waals surface area contributed by atoms with Crippen LogP contribution in [0, 0.1) is 0 Å².